The van der Waals surface area contributed by atoms with Gasteiger partial charge >= 0.3 is 0 Å². The molecule has 1 aromatic rings. The van der Waals surface area contributed by atoms with Gasteiger partial charge in [-0.15, -0.1) is 0 Å². The predicted octanol–water partition coefficient (Wildman–Crippen LogP) is 2.62. The minimum Gasteiger partial charge on any atom is -0.390 e. The van der Waals surface area contributed by atoms with Crippen molar-refractivity contribution >= 4 is 0 Å². The second-order valence-corrected chi connectivity index (χ2v) is 4.52. The van der Waals surface area contributed by atoms with Crippen molar-refractivity contribution in [3.63, 3.8) is 0 Å². The van der Waals surface area contributed by atoms with Crippen LogP contribution in [0.15, 0.2) is 18.2 Å². The van der Waals surface area contributed by atoms with E-state index >= 15 is 0 Å². The van der Waals surface area contributed by atoms with E-state index in [2.05, 4.69) is 32.0 Å². The highest BCUT2D eigenvalue weighted by atomic mass is 16.3. The highest BCUT2D eigenvalue weighted by molar-refractivity contribution is 5.32. The van der Waals surface area contributed by atoms with E-state index < -0.39 is 0 Å². The van der Waals surface area contributed by atoms with Gasteiger partial charge < -0.3 is 5.11 Å². The van der Waals surface area contributed by atoms with Gasteiger partial charge in [-0.25, -0.2) is 0 Å². The van der Waals surface area contributed by atoms with Crippen molar-refractivity contribution in [2.75, 3.05) is 0 Å². The Kier molecular flexibility index (Phi) is 2.36. The van der Waals surface area contributed by atoms with Crippen LogP contribution in [0.2, 0.25) is 0 Å². The minimum atomic E-state index is -0.361. The quantitative estimate of drug-likeness (QED) is 0.776. The summed E-state index contributed by atoms with van der Waals surface area (Å²) < 4.78 is 0. The average molecular weight is 190 g/mol. The Morgan fingerprint density at radius 1 is 1.36 bits per heavy atom. The Morgan fingerprint density at radius 3 is 2.64 bits per heavy atom. The molecule has 1 fully saturated rings. The summed E-state index contributed by atoms with van der Waals surface area (Å²) >= 11 is 0. The molecule has 1 N–H and O–H groups in total. The Labute approximate surface area is 85.8 Å². The lowest BCUT2D eigenvalue weighted by atomic mass is 9.99. The first-order valence-electron chi connectivity index (χ1n) is 5.44. The van der Waals surface area contributed by atoms with Gasteiger partial charge in [0.05, 0.1) is 5.60 Å². The van der Waals surface area contributed by atoms with Gasteiger partial charge in [-0.05, 0) is 42.9 Å². The van der Waals surface area contributed by atoms with E-state index in [-0.39, 0.29) is 5.60 Å². The lowest BCUT2D eigenvalue weighted by Gasteiger charge is -2.10. The van der Waals surface area contributed by atoms with Crippen LogP contribution in [0.25, 0.3) is 0 Å². The van der Waals surface area contributed by atoms with Gasteiger partial charge in [0.25, 0.3) is 0 Å². The number of hydrogen-bond donors (Lipinski definition) is 1. The van der Waals surface area contributed by atoms with E-state index in [1.54, 1.807) is 0 Å². The molecule has 1 heteroatoms. The molecule has 2 rings (SSSR count). The fourth-order valence-corrected chi connectivity index (χ4v) is 1.92. The van der Waals surface area contributed by atoms with Crippen LogP contribution in [0, 0.1) is 6.92 Å². The molecule has 1 aromatic carbocycles. The fraction of sp³-hybridized carbons (Fsp3) is 0.538. The third-order valence-electron chi connectivity index (χ3n) is 3.15. The summed E-state index contributed by atoms with van der Waals surface area (Å²) in [6, 6.07) is 6.55. The highest BCUT2D eigenvalue weighted by Gasteiger charge is 2.40. The zero-order valence-corrected chi connectivity index (χ0v) is 9.01. The minimum absolute atomic E-state index is 0.361. The first-order valence-corrected chi connectivity index (χ1v) is 5.44. The van der Waals surface area contributed by atoms with E-state index in [0.29, 0.717) is 0 Å². The maximum atomic E-state index is 9.82. The van der Waals surface area contributed by atoms with Gasteiger partial charge in [-0.2, -0.15) is 0 Å². The molecule has 0 heterocycles. The van der Waals surface area contributed by atoms with Crippen molar-refractivity contribution < 1.29 is 5.11 Å². The molecule has 1 nitrogen and oxygen atoms in total. The summed E-state index contributed by atoms with van der Waals surface area (Å²) in [5.41, 5.74) is 3.69. The zero-order chi connectivity index (χ0) is 10.2. The molecule has 0 aliphatic heterocycles. The van der Waals surface area contributed by atoms with Crippen molar-refractivity contribution in [2.45, 2.75) is 45.1 Å². The Bertz CT molecular complexity index is 337. The van der Waals surface area contributed by atoms with E-state index in [1.807, 2.05) is 0 Å². The van der Waals surface area contributed by atoms with Crippen LogP contribution in [0.4, 0.5) is 0 Å². The van der Waals surface area contributed by atoms with E-state index in [4.69, 9.17) is 0 Å². The molecule has 0 unspecified atom stereocenters. The summed E-state index contributed by atoms with van der Waals surface area (Å²) in [6.07, 6.45) is 3.86. The van der Waals surface area contributed by atoms with E-state index in [9.17, 15) is 5.11 Å². The topological polar surface area (TPSA) is 20.2 Å². The van der Waals surface area contributed by atoms with Gasteiger partial charge in [-0.1, -0.05) is 25.1 Å². The number of hydrogen-bond acceptors (Lipinski definition) is 1. The van der Waals surface area contributed by atoms with Crippen molar-refractivity contribution in [2.24, 2.45) is 0 Å². The van der Waals surface area contributed by atoms with Crippen LogP contribution in [0.5, 0.6) is 0 Å². The first kappa shape index (κ1) is 9.72. The Balaban J connectivity index is 2.18. The maximum absolute atomic E-state index is 9.82. The molecule has 1 saturated carbocycles. The Morgan fingerprint density at radius 2 is 2.07 bits per heavy atom. The van der Waals surface area contributed by atoms with Crippen LogP contribution in [0.3, 0.4) is 0 Å². The van der Waals surface area contributed by atoms with E-state index in [0.717, 1.165) is 25.7 Å². The molecule has 0 atom stereocenters. The molecular weight excluding hydrogens is 172 g/mol. The van der Waals surface area contributed by atoms with Gasteiger partial charge in [0.2, 0.25) is 0 Å². The third kappa shape index (κ3) is 1.98. The summed E-state index contributed by atoms with van der Waals surface area (Å²) in [5, 5.41) is 9.82. The lowest BCUT2D eigenvalue weighted by molar-refractivity contribution is 0.151. The normalized spacial score (nSPS) is 18.2. The average Bonchev–Trinajstić information content (AvgIpc) is 2.87. The number of rotatable bonds is 3. The van der Waals surface area contributed by atoms with Crippen molar-refractivity contribution in [1.82, 2.24) is 0 Å². The third-order valence-corrected chi connectivity index (χ3v) is 3.15. The molecule has 14 heavy (non-hydrogen) atoms. The van der Waals surface area contributed by atoms with Crippen LogP contribution < -0.4 is 0 Å². The number of aliphatic hydroxyl groups is 1. The zero-order valence-electron chi connectivity index (χ0n) is 9.01. The van der Waals surface area contributed by atoms with Crippen LogP contribution >= 0.6 is 0 Å². The molecule has 1 aliphatic rings. The molecule has 0 radical (unpaired) electrons. The van der Waals surface area contributed by atoms with Gasteiger partial charge in [0, 0.05) is 6.42 Å². The standard InChI is InChI=1S/C13H18O/c1-3-12-8-11(5-4-10(12)2)9-13(14)6-7-13/h4-5,8,14H,3,6-7,9H2,1-2H3. The van der Waals surface area contributed by atoms with Crippen LogP contribution in [-0.4, -0.2) is 10.7 Å². The summed E-state index contributed by atoms with van der Waals surface area (Å²) in [7, 11) is 0. The van der Waals surface area contributed by atoms with Crippen molar-refractivity contribution in [3.05, 3.63) is 34.9 Å². The second-order valence-electron chi connectivity index (χ2n) is 4.52. The van der Waals surface area contributed by atoms with Crippen molar-refractivity contribution in [3.8, 4) is 0 Å². The van der Waals surface area contributed by atoms with Gasteiger partial charge in [-0.3, -0.25) is 0 Å². The summed E-state index contributed by atoms with van der Waals surface area (Å²) in [5.74, 6) is 0. The maximum Gasteiger partial charge on any atom is 0.0690 e. The van der Waals surface area contributed by atoms with Gasteiger partial charge in [0.1, 0.15) is 0 Å². The highest BCUT2D eigenvalue weighted by Crippen LogP contribution is 2.38. The number of aryl methyl sites for hydroxylation is 2. The molecule has 0 spiro atoms. The van der Waals surface area contributed by atoms with E-state index in [1.165, 1.54) is 16.7 Å². The largest absolute Gasteiger partial charge is 0.390 e. The predicted molar refractivity (Wildman–Crippen MR) is 58.4 cm³/mol. The Hall–Kier alpha value is -0.820. The number of benzene rings is 1. The van der Waals surface area contributed by atoms with Gasteiger partial charge in [0.15, 0.2) is 0 Å². The molecule has 0 bridgehead atoms. The SMILES string of the molecule is CCc1cc(CC2(O)CC2)ccc1C. The molecule has 0 amide bonds. The summed E-state index contributed by atoms with van der Waals surface area (Å²) in [6.45, 7) is 4.33. The van der Waals surface area contributed by atoms with Crippen LogP contribution in [-0.2, 0) is 12.8 Å². The molecule has 76 valence electrons. The summed E-state index contributed by atoms with van der Waals surface area (Å²) in [4.78, 5) is 0. The molecular formula is C13H18O. The fourth-order valence-electron chi connectivity index (χ4n) is 1.92. The van der Waals surface area contributed by atoms with Crippen LogP contribution in [0.1, 0.15) is 36.5 Å². The molecule has 0 aromatic heterocycles. The molecule has 1 aliphatic carbocycles. The smallest absolute Gasteiger partial charge is 0.0690 e. The van der Waals surface area contributed by atoms with Crippen molar-refractivity contribution in [1.29, 1.82) is 0 Å². The monoisotopic (exact) mass is 190 g/mol. The second kappa shape index (κ2) is 3.39. The molecule has 0 saturated heterocycles. The first-order chi connectivity index (χ1) is 6.63. The lowest BCUT2D eigenvalue weighted by Crippen LogP contribution is -2.10.